The minimum absolute atomic E-state index is 0.598. The Morgan fingerprint density at radius 1 is 0.658 bits per heavy atom. The van der Waals surface area contributed by atoms with Gasteiger partial charge in [0.05, 0.1) is 34.9 Å². The molecule has 0 aliphatic heterocycles. The molecule has 4 heteroatoms. The molecule has 4 nitrogen and oxygen atoms in total. The Balaban J connectivity index is 1.55. The summed E-state index contributed by atoms with van der Waals surface area (Å²) in [5.41, 5.74) is 7.61. The normalized spacial score (nSPS) is 11.1. The van der Waals surface area contributed by atoms with Crippen LogP contribution in [-0.4, -0.2) is 4.57 Å². The summed E-state index contributed by atoms with van der Waals surface area (Å²) < 4.78 is 2.34. The number of rotatable bonds is 4. The summed E-state index contributed by atoms with van der Waals surface area (Å²) in [6, 6.07) is 43.2. The number of nitrogens with zero attached hydrogens (tertiary/aromatic N) is 4. The predicted octanol–water partition coefficient (Wildman–Crippen LogP) is 9.27. The molecule has 0 amide bonds. The number of hydrogen-bond donors (Lipinski definition) is 0. The Bertz CT molecular complexity index is 1960. The summed E-state index contributed by atoms with van der Waals surface area (Å²) in [7, 11) is 0. The number of para-hydroxylation sites is 1. The zero-order valence-corrected chi connectivity index (χ0v) is 20.3. The summed E-state index contributed by atoms with van der Waals surface area (Å²) in [6.07, 6.45) is 0. The molecule has 0 aliphatic rings. The molecule has 6 aromatic carbocycles. The van der Waals surface area contributed by atoms with E-state index in [0.717, 1.165) is 33.7 Å². The average Bonchev–Trinajstić information content (AvgIpc) is 3.33. The van der Waals surface area contributed by atoms with E-state index in [1.807, 2.05) is 54.6 Å². The maximum atomic E-state index is 9.36. The number of nitriles is 1. The lowest BCUT2D eigenvalue weighted by atomic mass is 10.00. The second-order valence-electron chi connectivity index (χ2n) is 9.26. The first-order valence-electron chi connectivity index (χ1n) is 12.4. The van der Waals surface area contributed by atoms with Crippen molar-refractivity contribution in [2.75, 3.05) is 4.90 Å². The molecule has 0 saturated heterocycles. The summed E-state index contributed by atoms with van der Waals surface area (Å²) in [5.74, 6) is 0. The minimum Gasteiger partial charge on any atom is -0.310 e. The fraction of sp³-hybridized carbons (Fsp3) is 0. The third-order valence-electron chi connectivity index (χ3n) is 7.18. The van der Waals surface area contributed by atoms with Crippen molar-refractivity contribution in [3.8, 4) is 11.8 Å². The highest BCUT2D eigenvalue weighted by atomic mass is 15.1. The van der Waals surface area contributed by atoms with Gasteiger partial charge in [-0.3, -0.25) is 0 Å². The molecule has 0 bridgehead atoms. The second-order valence-corrected chi connectivity index (χ2v) is 9.26. The van der Waals surface area contributed by atoms with Crippen LogP contribution in [0.15, 0.2) is 121 Å². The molecule has 0 spiro atoms. The highest BCUT2D eigenvalue weighted by Gasteiger charge is 2.22. The van der Waals surface area contributed by atoms with E-state index in [-0.39, 0.29) is 0 Å². The molecule has 7 aromatic rings. The van der Waals surface area contributed by atoms with E-state index in [2.05, 4.69) is 87.1 Å². The predicted molar refractivity (Wildman–Crippen MR) is 155 cm³/mol. The lowest BCUT2D eigenvalue weighted by Gasteiger charge is -2.27. The van der Waals surface area contributed by atoms with Gasteiger partial charge < -0.3 is 9.47 Å². The van der Waals surface area contributed by atoms with Crippen molar-refractivity contribution in [3.63, 3.8) is 0 Å². The fourth-order valence-electron chi connectivity index (χ4n) is 5.51. The third-order valence-corrected chi connectivity index (χ3v) is 7.18. The lowest BCUT2D eigenvalue weighted by molar-refractivity contribution is 1.18. The van der Waals surface area contributed by atoms with Crippen molar-refractivity contribution < 1.29 is 0 Å². The molecule has 0 atom stereocenters. The third kappa shape index (κ3) is 3.22. The van der Waals surface area contributed by atoms with Crippen LogP contribution in [0.25, 0.3) is 43.1 Å². The van der Waals surface area contributed by atoms with Crippen LogP contribution in [0.3, 0.4) is 0 Å². The van der Waals surface area contributed by atoms with E-state index < -0.39 is 0 Å². The minimum atomic E-state index is 0.598. The van der Waals surface area contributed by atoms with Crippen molar-refractivity contribution >= 4 is 55.3 Å². The van der Waals surface area contributed by atoms with Gasteiger partial charge in [0.1, 0.15) is 0 Å². The van der Waals surface area contributed by atoms with E-state index >= 15 is 0 Å². The van der Waals surface area contributed by atoms with Crippen molar-refractivity contribution in [1.82, 2.24) is 4.57 Å². The average molecular weight is 485 g/mol. The molecular weight excluding hydrogens is 464 g/mol. The maximum absolute atomic E-state index is 9.36. The van der Waals surface area contributed by atoms with Crippen LogP contribution >= 0.6 is 0 Å². The molecule has 176 valence electrons. The molecule has 38 heavy (non-hydrogen) atoms. The molecule has 0 fully saturated rings. The molecule has 0 aliphatic carbocycles. The first kappa shape index (κ1) is 21.7. The Hall–Kier alpha value is -5.58. The molecule has 0 radical (unpaired) electrons. The van der Waals surface area contributed by atoms with Gasteiger partial charge in [0.2, 0.25) is 0 Å². The molecule has 0 unspecified atom stereocenters. The first-order chi connectivity index (χ1) is 18.8. The van der Waals surface area contributed by atoms with Gasteiger partial charge in [0, 0.05) is 33.2 Å². The number of anilines is 3. The number of benzene rings is 6. The Labute approximate surface area is 220 Å². The molecule has 0 N–H and O–H groups in total. The van der Waals surface area contributed by atoms with Gasteiger partial charge in [-0.2, -0.15) is 5.26 Å². The van der Waals surface area contributed by atoms with Gasteiger partial charge in [-0.15, -0.1) is 0 Å². The quantitative estimate of drug-likeness (QED) is 0.184. The molecule has 0 saturated carbocycles. The topological polar surface area (TPSA) is 36.3 Å². The van der Waals surface area contributed by atoms with Crippen LogP contribution in [0.4, 0.5) is 22.7 Å². The monoisotopic (exact) mass is 484 g/mol. The van der Waals surface area contributed by atoms with E-state index in [1.165, 1.54) is 21.7 Å². The lowest BCUT2D eigenvalue weighted by Crippen LogP contribution is -2.10. The summed E-state index contributed by atoms with van der Waals surface area (Å²) in [6.45, 7) is 7.37. The van der Waals surface area contributed by atoms with Crippen LogP contribution in [0.5, 0.6) is 0 Å². The van der Waals surface area contributed by atoms with Crippen LogP contribution in [0.1, 0.15) is 5.56 Å². The zero-order chi connectivity index (χ0) is 25.6. The van der Waals surface area contributed by atoms with Gasteiger partial charge in [-0.1, -0.05) is 54.6 Å². The fourth-order valence-corrected chi connectivity index (χ4v) is 5.51. The largest absolute Gasteiger partial charge is 0.310 e. The van der Waals surface area contributed by atoms with Gasteiger partial charge >= 0.3 is 0 Å². The Morgan fingerprint density at radius 2 is 1.37 bits per heavy atom. The zero-order valence-electron chi connectivity index (χ0n) is 20.3. The number of aromatic nitrogens is 1. The van der Waals surface area contributed by atoms with Gasteiger partial charge in [-0.25, -0.2) is 4.85 Å². The number of hydrogen-bond acceptors (Lipinski definition) is 2. The highest BCUT2D eigenvalue weighted by molar-refractivity contribution is 6.26. The summed E-state index contributed by atoms with van der Waals surface area (Å²) in [4.78, 5) is 5.77. The molecule has 7 rings (SSSR count). The maximum Gasteiger partial charge on any atom is 0.187 e. The van der Waals surface area contributed by atoms with Crippen molar-refractivity contribution in [1.29, 1.82) is 5.26 Å². The van der Waals surface area contributed by atoms with E-state index in [0.29, 0.717) is 11.3 Å². The summed E-state index contributed by atoms with van der Waals surface area (Å²) in [5, 5.41) is 14.2. The van der Waals surface area contributed by atoms with Gasteiger partial charge in [0.15, 0.2) is 5.69 Å². The van der Waals surface area contributed by atoms with Crippen molar-refractivity contribution in [2.45, 2.75) is 0 Å². The smallest absolute Gasteiger partial charge is 0.187 e. The second kappa shape index (κ2) is 8.52. The van der Waals surface area contributed by atoms with E-state index in [9.17, 15) is 5.26 Å². The van der Waals surface area contributed by atoms with Crippen molar-refractivity contribution in [2.24, 2.45) is 0 Å². The van der Waals surface area contributed by atoms with Crippen LogP contribution in [0, 0.1) is 17.9 Å². The first-order valence-corrected chi connectivity index (χ1v) is 12.4. The van der Waals surface area contributed by atoms with Crippen LogP contribution in [-0.2, 0) is 0 Å². The Kier molecular flexibility index (Phi) is 4.86. The highest BCUT2D eigenvalue weighted by Crippen LogP contribution is 2.45. The van der Waals surface area contributed by atoms with Gasteiger partial charge in [0.25, 0.3) is 0 Å². The van der Waals surface area contributed by atoms with E-state index in [4.69, 9.17) is 6.57 Å². The Morgan fingerprint density at radius 3 is 2.08 bits per heavy atom. The van der Waals surface area contributed by atoms with Gasteiger partial charge in [-0.05, 0) is 72.1 Å². The van der Waals surface area contributed by atoms with Crippen LogP contribution < -0.4 is 4.90 Å². The summed E-state index contributed by atoms with van der Waals surface area (Å²) >= 11 is 0. The molecule has 1 heterocycles. The standard InChI is InChI=1S/C34H20N4/c1-36-25-13-17-28(18-14-25)37(27-15-10-23(22-35)11-16-27)30-20-21-32-34-29(30)19-12-24-6-5-9-31(33(24)34)38(32)26-7-3-2-4-8-26/h2-21H. The molecule has 1 aromatic heterocycles. The molecular formula is C34H20N4. The van der Waals surface area contributed by atoms with Crippen molar-refractivity contribution in [3.05, 3.63) is 138 Å². The van der Waals surface area contributed by atoms with E-state index in [1.54, 1.807) is 0 Å². The SMILES string of the molecule is [C-]#[N+]c1ccc(N(c2ccc(C#N)cc2)c2ccc3c4c2ccc2cccc(c24)n3-c2ccccc2)cc1. The van der Waals surface area contributed by atoms with Crippen LogP contribution in [0.2, 0.25) is 0 Å².